The van der Waals surface area contributed by atoms with Crippen LogP contribution in [0.5, 0.6) is 0 Å². The van der Waals surface area contributed by atoms with E-state index in [0.29, 0.717) is 12.0 Å². The summed E-state index contributed by atoms with van der Waals surface area (Å²) in [5.74, 6) is 2.72. The first-order valence-corrected chi connectivity index (χ1v) is 9.38. The van der Waals surface area contributed by atoms with E-state index in [1.807, 2.05) is 0 Å². The van der Waals surface area contributed by atoms with Crippen LogP contribution in [0.1, 0.15) is 43.3 Å². The predicted molar refractivity (Wildman–Crippen MR) is 91.6 cm³/mol. The standard InChI is InChI=1S/C17H30N6O/c1-21-16(19-20-17(21)13-10-14(18)11-13)12-22-4-6-23(7-5-22)15-2-8-24-9-3-15/h13-15H,2-12,18H2,1H3. The molecule has 1 aromatic rings. The van der Waals surface area contributed by atoms with Gasteiger partial charge in [-0.05, 0) is 25.7 Å². The molecule has 1 aliphatic carbocycles. The van der Waals surface area contributed by atoms with Crippen molar-refractivity contribution in [1.29, 1.82) is 0 Å². The number of aromatic nitrogens is 3. The van der Waals surface area contributed by atoms with Crippen LogP contribution < -0.4 is 5.73 Å². The largest absolute Gasteiger partial charge is 0.381 e. The molecule has 0 radical (unpaired) electrons. The quantitative estimate of drug-likeness (QED) is 0.855. The molecule has 0 aromatic carbocycles. The molecule has 0 amide bonds. The van der Waals surface area contributed by atoms with Gasteiger partial charge in [0.15, 0.2) is 0 Å². The van der Waals surface area contributed by atoms with Gasteiger partial charge >= 0.3 is 0 Å². The van der Waals surface area contributed by atoms with Crippen molar-refractivity contribution >= 4 is 0 Å². The first-order chi connectivity index (χ1) is 11.7. The number of piperazine rings is 1. The molecule has 3 heterocycles. The van der Waals surface area contributed by atoms with E-state index in [1.54, 1.807) is 0 Å². The van der Waals surface area contributed by atoms with Crippen LogP contribution in [0.4, 0.5) is 0 Å². The van der Waals surface area contributed by atoms with E-state index in [2.05, 4.69) is 31.6 Å². The van der Waals surface area contributed by atoms with Crippen molar-refractivity contribution in [3.8, 4) is 0 Å². The van der Waals surface area contributed by atoms with Crippen LogP contribution in [-0.4, -0.2) is 76.0 Å². The minimum Gasteiger partial charge on any atom is -0.381 e. The number of nitrogens with zero attached hydrogens (tertiary/aromatic N) is 5. The molecule has 2 aliphatic heterocycles. The Morgan fingerprint density at radius 1 is 1.08 bits per heavy atom. The van der Waals surface area contributed by atoms with Gasteiger partial charge in [0, 0.05) is 64.4 Å². The minimum atomic E-state index is 0.355. The number of rotatable bonds is 4. The van der Waals surface area contributed by atoms with Crippen molar-refractivity contribution < 1.29 is 4.74 Å². The van der Waals surface area contributed by atoms with E-state index in [1.165, 1.54) is 12.8 Å². The van der Waals surface area contributed by atoms with Crippen LogP contribution in [0.15, 0.2) is 0 Å². The molecule has 3 aliphatic rings. The van der Waals surface area contributed by atoms with Gasteiger partial charge in [-0.3, -0.25) is 9.80 Å². The molecule has 1 aromatic heterocycles. The molecular formula is C17H30N6O. The zero-order valence-electron chi connectivity index (χ0n) is 14.7. The first-order valence-electron chi connectivity index (χ1n) is 9.38. The second-order valence-electron chi connectivity index (χ2n) is 7.62. The molecular weight excluding hydrogens is 304 g/mol. The molecule has 0 atom stereocenters. The van der Waals surface area contributed by atoms with Gasteiger partial charge in [-0.25, -0.2) is 0 Å². The van der Waals surface area contributed by atoms with Crippen molar-refractivity contribution in [2.45, 2.75) is 50.2 Å². The van der Waals surface area contributed by atoms with Crippen LogP contribution in [-0.2, 0) is 18.3 Å². The Morgan fingerprint density at radius 2 is 1.79 bits per heavy atom. The molecule has 1 saturated carbocycles. The molecule has 2 N–H and O–H groups in total. The van der Waals surface area contributed by atoms with Gasteiger partial charge in [0.25, 0.3) is 0 Å². The predicted octanol–water partition coefficient (Wildman–Crippen LogP) is 0.316. The van der Waals surface area contributed by atoms with Gasteiger partial charge in [-0.2, -0.15) is 0 Å². The summed E-state index contributed by atoms with van der Waals surface area (Å²) >= 11 is 0. The Bertz CT molecular complexity index is 541. The first kappa shape index (κ1) is 16.4. The maximum atomic E-state index is 5.91. The molecule has 0 bridgehead atoms. The second-order valence-corrected chi connectivity index (χ2v) is 7.62. The molecule has 4 rings (SSSR count). The summed E-state index contributed by atoms with van der Waals surface area (Å²) in [6.45, 7) is 7.32. The van der Waals surface area contributed by atoms with Crippen LogP contribution in [0.2, 0.25) is 0 Å². The smallest absolute Gasteiger partial charge is 0.146 e. The Balaban J connectivity index is 1.29. The number of nitrogens with two attached hydrogens (primary N) is 1. The average Bonchev–Trinajstić information content (AvgIpc) is 2.94. The van der Waals surface area contributed by atoms with E-state index in [4.69, 9.17) is 10.5 Å². The number of ether oxygens (including phenoxy) is 1. The molecule has 2 saturated heterocycles. The summed E-state index contributed by atoms with van der Waals surface area (Å²) in [7, 11) is 2.10. The van der Waals surface area contributed by atoms with Crippen LogP contribution >= 0.6 is 0 Å². The van der Waals surface area contributed by atoms with E-state index >= 15 is 0 Å². The average molecular weight is 334 g/mol. The summed E-state index contributed by atoms with van der Waals surface area (Å²) in [4.78, 5) is 5.16. The highest BCUT2D eigenvalue weighted by Gasteiger charge is 2.32. The van der Waals surface area contributed by atoms with Crippen LogP contribution in [0.3, 0.4) is 0 Å². The zero-order valence-corrected chi connectivity index (χ0v) is 14.7. The fraction of sp³-hybridized carbons (Fsp3) is 0.882. The molecule has 24 heavy (non-hydrogen) atoms. The van der Waals surface area contributed by atoms with Crippen LogP contribution in [0.25, 0.3) is 0 Å². The third kappa shape index (κ3) is 3.35. The number of hydrogen-bond acceptors (Lipinski definition) is 6. The lowest BCUT2D eigenvalue weighted by atomic mass is 9.80. The Labute approximate surface area is 144 Å². The van der Waals surface area contributed by atoms with Crippen molar-refractivity contribution in [3.05, 3.63) is 11.6 Å². The normalized spacial score (nSPS) is 30.4. The molecule has 3 fully saturated rings. The highest BCUT2D eigenvalue weighted by atomic mass is 16.5. The van der Waals surface area contributed by atoms with Crippen molar-refractivity contribution in [2.24, 2.45) is 12.8 Å². The van der Waals surface area contributed by atoms with Gasteiger partial charge in [0.05, 0.1) is 6.54 Å². The lowest BCUT2D eigenvalue weighted by Gasteiger charge is -2.40. The van der Waals surface area contributed by atoms with E-state index in [9.17, 15) is 0 Å². The maximum Gasteiger partial charge on any atom is 0.146 e. The third-order valence-electron chi connectivity index (χ3n) is 6.02. The Morgan fingerprint density at radius 3 is 2.46 bits per heavy atom. The van der Waals surface area contributed by atoms with Gasteiger partial charge < -0.3 is 15.0 Å². The third-order valence-corrected chi connectivity index (χ3v) is 6.02. The van der Waals surface area contributed by atoms with E-state index in [0.717, 1.165) is 76.5 Å². The van der Waals surface area contributed by atoms with Crippen molar-refractivity contribution in [3.63, 3.8) is 0 Å². The summed E-state index contributed by atoms with van der Waals surface area (Å²) in [6.07, 6.45) is 4.48. The van der Waals surface area contributed by atoms with Crippen molar-refractivity contribution in [1.82, 2.24) is 24.6 Å². The maximum absolute atomic E-state index is 5.91. The summed E-state index contributed by atoms with van der Waals surface area (Å²) in [6, 6.07) is 1.08. The highest BCUT2D eigenvalue weighted by molar-refractivity contribution is 5.08. The van der Waals surface area contributed by atoms with Gasteiger partial charge in [0.2, 0.25) is 0 Å². The molecule has 0 unspecified atom stereocenters. The molecule has 0 spiro atoms. The molecule has 7 nitrogen and oxygen atoms in total. The van der Waals surface area contributed by atoms with E-state index in [-0.39, 0.29) is 0 Å². The van der Waals surface area contributed by atoms with Crippen molar-refractivity contribution in [2.75, 3.05) is 39.4 Å². The van der Waals surface area contributed by atoms with Gasteiger partial charge in [-0.1, -0.05) is 0 Å². The lowest BCUT2D eigenvalue weighted by Crippen LogP contribution is -2.51. The highest BCUT2D eigenvalue weighted by Crippen LogP contribution is 2.34. The van der Waals surface area contributed by atoms with Gasteiger partial charge in [-0.15, -0.1) is 10.2 Å². The summed E-state index contributed by atoms with van der Waals surface area (Å²) in [5.41, 5.74) is 5.91. The number of hydrogen-bond donors (Lipinski definition) is 1. The lowest BCUT2D eigenvalue weighted by molar-refractivity contribution is 0.0121. The van der Waals surface area contributed by atoms with Gasteiger partial charge in [0.1, 0.15) is 11.6 Å². The fourth-order valence-corrected chi connectivity index (χ4v) is 4.28. The Kier molecular flexibility index (Phi) is 4.85. The topological polar surface area (TPSA) is 72.4 Å². The molecule has 7 heteroatoms. The zero-order chi connectivity index (χ0) is 16.5. The fourth-order valence-electron chi connectivity index (χ4n) is 4.28. The summed E-state index contributed by atoms with van der Waals surface area (Å²) < 4.78 is 7.68. The molecule has 134 valence electrons. The van der Waals surface area contributed by atoms with E-state index < -0.39 is 0 Å². The monoisotopic (exact) mass is 334 g/mol. The van der Waals surface area contributed by atoms with Crippen LogP contribution in [0, 0.1) is 0 Å². The second kappa shape index (κ2) is 7.07. The Hall–Kier alpha value is -1.02. The minimum absolute atomic E-state index is 0.355. The summed E-state index contributed by atoms with van der Waals surface area (Å²) in [5, 5.41) is 8.88. The SMILES string of the molecule is Cn1c(CN2CCN(C3CCOCC3)CC2)nnc1C1CC(N)C1.